The Morgan fingerprint density at radius 1 is 0.800 bits per heavy atom. The molecule has 0 saturated carbocycles. The van der Waals surface area contributed by atoms with Gasteiger partial charge in [-0.2, -0.15) is 0 Å². The summed E-state index contributed by atoms with van der Waals surface area (Å²) < 4.78 is 5.63. The van der Waals surface area contributed by atoms with Crippen LogP contribution in [0, 0.1) is 20.8 Å². The van der Waals surface area contributed by atoms with Gasteiger partial charge < -0.3 is 4.74 Å². The Hall–Kier alpha value is -2.02. The molecule has 1 heteroatoms. The highest BCUT2D eigenvalue weighted by Crippen LogP contribution is 2.21. The molecule has 1 nitrogen and oxygen atoms in total. The predicted molar refractivity (Wildman–Crippen MR) is 87.2 cm³/mol. The maximum atomic E-state index is 5.63. The molecule has 0 heterocycles. The summed E-state index contributed by atoms with van der Waals surface area (Å²) in [5, 5.41) is 0. The van der Waals surface area contributed by atoms with E-state index < -0.39 is 0 Å². The van der Waals surface area contributed by atoms with Crippen molar-refractivity contribution in [2.75, 3.05) is 6.61 Å². The van der Waals surface area contributed by atoms with Crippen molar-refractivity contribution in [2.45, 2.75) is 27.7 Å². The SMILES string of the molecule is CCOc1cc(/C=C/c2ccc(C)c(C)c2)ccc1C. The molecule has 20 heavy (non-hydrogen) atoms. The Kier molecular flexibility index (Phi) is 4.62. The van der Waals surface area contributed by atoms with Crippen LogP contribution in [-0.2, 0) is 0 Å². The Balaban J connectivity index is 2.22. The minimum atomic E-state index is 0.700. The lowest BCUT2D eigenvalue weighted by Gasteiger charge is -2.07. The lowest BCUT2D eigenvalue weighted by Crippen LogP contribution is -1.94. The van der Waals surface area contributed by atoms with Gasteiger partial charge in [0.2, 0.25) is 0 Å². The van der Waals surface area contributed by atoms with Crippen molar-refractivity contribution >= 4 is 12.2 Å². The van der Waals surface area contributed by atoms with E-state index in [4.69, 9.17) is 4.74 Å². The molecule has 0 spiro atoms. The van der Waals surface area contributed by atoms with Gasteiger partial charge in [0.05, 0.1) is 6.61 Å². The lowest BCUT2D eigenvalue weighted by molar-refractivity contribution is 0.338. The van der Waals surface area contributed by atoms with Crippen molar-refractivity contribution < 1.29 is 4.74 Å². The van der Waals surface area contributed by atoms with Gasteiger partial charge in [0.15, 0.2) is 0 Å². The summed E-state index contributed by atoms with van der Waals surface area (Å²) in [5.41, 5.74) is 6.22. The molecule has 2 aromatic rings. The Labute approximate surface area is 121 Å². The molecule has 0 atom stereocenters. The molecule has 0 aliphatic rings. The van der Waals surface area contributed by atoms with Gasteiger partial charge in [0, 0.05) is 0 Å². The molecule has 0 saturated heterocycles. The third-order valence-corrected chi connectivity index (χ3v) is 3.51. The first-order chi connectivity index (χ1) is 9.60. The molecule has 0 amide bonds. The number of ether oxygens (including phenoxy) is 1. The fourth-order valence-electron chi connectivity index (χ4n) is 2.09. The molecule has 0 aliphatic carbocycles. The number of rotatable bonds is 4. The van der Waals surface area contributed by atoms with Gasteiger partial charge in [0.1, 0.15) is 5.75 Å². The Morgan fingerprint density at radius 2 is 1.40 bits per heavy atom. The van der Waals surface area contributed by atoms with E-state index in [1.54, 1.807) is 0 Å². The quantitative estimate of drug-likeness (QED) is 0.693. The third-order valence-electron chi connectivity index (χ3n) is 3.51. The summed E-state index contributed by atoms with van der Waals surface area (Å²) in [6.45, 7) is 9.06. The van der Waals surface area contributed by atoms with E-state index in [0.29, 0.717) is 6.61 Å². The zero-order valence-electron chi connectivity index (χ0n) is 12.7. The molecule has 0 aliphatic heterocycles. The van der Waals surface area contributed by atoms with Crippen LogP contribution in [0.25, 0.3) is 12.2 Å². The van der Waals surface area contributed by atoms with Gasteiger partial charge in [-0.25, -0.2) is 0 Å². The highest BCUT2D eigenvalue weighted by molar-refractivity contribution is 5.71. The molecule has 104 valence electrons. The van der Waals surface area contributed by atoms with Crippen LogP contribution < -0.4 is 4.74 Å². The van der Waals surface area contributed by atoms with E-state index in [-0.39, 0.29) is 0 Å². The van der Waals surface area contributed by atoms with E-state index in [9.17, 15) is 0 Å². The van der Waals surface area contributed by atoms with Gasteiger partial charge in [-0.1, -0.05) is 42.5 Å². The maximum Gasteiger partial charge on any atom is 0.122 e. The summed E-state index contributed by atoms with van der Waals surface area (Å²) in [7, 11) is 0. The average molecular weight is 266 g/mol. The van der Waals surface area contributed by atoms with Crippen molar-refractivity contribution in [3.05, 3.63) is 64.2 Å². The largest absolute Gasteiger partial charge is 0.494 e. The van der Waals surface area contributed by atoms with Gasteiger partial charge in [0.25, 0.3) is 0 Å². The average Bonchev–Trinajstić information content (AvgIpc) is 2.43. The molecule has 2 rings (SSSR count). The van der Waals surface area contributed by atoms with Crippen LogP contribution >= 0.6 is 0 Å². The summed E-state index contributed by atoms with van der Waals surface area (Å²) in [6, 6.07) is 12.8. The van der Waals surface area contributed by atoms with E-state index in [1.165, 1.54) is 22.3 Å². The van der Waals surface area contributed by atoms with Crippen molar-refractivity contribution in [1.82, 2.24) is 0 Å². The van der Waals surface area contributed by atoms with Crippen LogP contribution in [0.2, 0.25) is 0 Å². The molecular weight excluding hydrogens is 244 g/mol. The second-order valence-electron chi connectivity index (χ2n) is 5.13. The first kappa shape index (κ1) is 14.4. The van der Waals surface area contributed by atoms with Crippen molar-refractivity contribution in [3.8, 4) is 5.75 Å². The summed E-state index contributed by atoms with van der Waals surface area (Å²) in [4.78, 5) is 0. The molecule has 0 aromatic heterocycles. The summed E-state index contributed by atoms with van der Waals surface area (Å²) >= 11 is 0. The van der Waals surface area contributed by atoms with Gasteiger partial charge >= 0.3 is 0 Å². The van der Waals surface area contributed by atoms with E-state index in [0.717, 1.165) is 11.3 Å². The van der Waals surface area contributed by atoms with Gasteiger partial charge in [-0.3, -0.25) is 0 Å². The highest BCUT2D eigenvalue weighted by atomic mass is 16.5. The van der Waals surface area contributed by atoms with Crippen molar-refractivity contribution in [3.63, 3.8) is 0 Å². The summed E-state index contributed by atoms with van der Waals surface area (Å²) in [6.07, 6.45) is 4.28. The Bertz CT molecular complexity index is 624. The molecule has 0 N–H and O–H groups in total. The number of benzene rings is 2. The van der Waals surface area contributed by atoms with E-state index in [2.05, 4.69) is 69.3 Å². The van der Waals surface area contributed by atoms with Crippen molar-refractivity contribution in [2.24, 2.45) is 0 Å². The first-order valence-electron chi connectivity index (χ1n) is 7.09. The molecule has 0 fully saturated rings. The zero-order chi connectivity index (χ0) is 14.5. The number of aryl methyl sites for hydroxylation is 3. The zero-order valence-corrected chi connectivity index (χ0v) is 12.7. The van der Waals surface area contributed by atoms with Crippen LogP contribution in [0.4, 0.5) is 0 Å². The molecular formula is C19H22O. The standard InChI is InChI=1S/C19H22O/c1-5-20-19-13-18(9-7-15(19)3)11-10-17-8-6-14(2)16(4)12-17/h6-13H,5H2,1-4H3/b11-10+. The lowest BCUT2D eigenvalue weighted by atomic mass is 10.0. The molecule has 0 radical (unpaired) electrons. The van der Waals surface area contributed by atoms with E-state index >= 15 is 0 Å². The van der Waals surface area contributed by atoms with Crippen LogP contribution in [0.3, 0.4) is 0 Å². The second kappa shape index (κ2) is 6.42. The fraction of sp³-hybridized carbons (Fsp3) is 0.263. The minimum absolute atomic E-state index is 0.700. The van der Waals surface area contributed by atoms with Crippen LogP contribution in [-0.4, -0.2) is 6.61 Å². The van der Waals surface area contributed by atoms with Gasteiger partial charge in [-0.15, -0.1) is 0 Å². The monoisotopic (exact) mass is 266 g/mol. The highest BCUT2D eigenvalue weighted by Gasteiger charge is 1.99. The number of hydrogen-bond acceptors (Lipinski definition) is 1. The molecule has 0 bridgehead atoms. The molecule has 2 aromatic carbocycles. The maximum absolute atomic E-state index is 5.63. The van der Waals surface area contributed by atoms with Crippen LogP contribution in [0.15, 0.2) is 36.4 Å². The smallest absolute Gasteiger partial charge is 0.122 e. The minimum Gasteiger partial charge on any atom is -0.494 e. The third kappa shape index (κ3) is 3.51. The van der Waals surface area contributed by atoms with Crippen LogP contribution in [0.1, 0.15) is 34.7 Å². The normalized spacial score (nSPS) is 11.0. The summed E-state index contributed by atoms with van der Waals surface area (Å²) in [5.74, 6) is 0.967. The fourth-order valence-corrected chi connectivity index (χ4v) is 2.09. The van der Waals surface area contributed by atoms with Crippen molar-refractivity contribution in [1.29, 1.82) is 0 Å². The Morgan fingerprint density at radius 3 is 2.00 bits per heavy atom. The predicted octanol–water partition coefficient (Wildman–Crippen LogP) is 5.18. The van der Waals surface area contributed by atoms with Gasteiger partial charge in [-0.05, 0) is 61.6 Å². The molecule has 0 unspecified atom stereocenters. The second-order valence-corrected chi connectivity index (χ2v) is 5.13. The van der Waals surface area contributed by atoms with Crippen LogP contribution in [0.5, 0.6) is 5.75 Å². The first-order valence-corrected chi connectivity index (χ1v) is 7.09. The topological polar surface area (TPSA) is 9.23 Å². The number of hydrogen-bond donors (Lipinski definition) is 0. The van der Waals surface area contributed by atoms with E-state index in [1.807, 2.05) is 6.92 Å².